The second-order valence-corrected chi connectivity index (χ2v) is 4.56. The zero-order chi connectivity index (χ0) is 10.8. The molecule has 1 saturated heterocycles. The van der Waals surface area contributed by atoms with Gasteiger partial charge in [-0.1, -0.05) is 6.92 Å². The summed E-state index contributed by atoms with van der Waals surface area (Å²) in [6.45, 7) is 6.84. The zero-order valence-corrected chi connectivity index (χ0v) is 9.68. The molecule has 2 aliphatic rings. The molecule has 2 rings (SSSR count). The number of hydrogen-bond acceptors (Lipinski definition) is 2. The van der Waals surface area contributed by atoms with Crippen molar-refractivity contribution in [3.63, 3.8) is 0 Å². The molecule has 0 radical (unpaired) electrons. The van der Waals surface area contributed by atoms with Crippen LogP contribution in [0.3, 0.4) is 0 Å². The molecule has 0 aromatic rings. The smallest absolute Gasteiger partial charge is 0.249 e. The van der Waals surface area contributed by atoms with E-state index in [4.69, 9.17) is 0 Å². The number of amides is 1. The lowest BCUT2D eigenvalue weighted by molar-refractivity contribution is -0.127. The molecule has 0 aromatic carbocycles. The van der Waals surface area contributed by atoms with Crippen LogP contribution in [0.25, 0.3) is 0 Å². The van der Waals surface area contributed by atoms with Crippen LogP contribution < -0.4 is 5.32 Å². The lowest BCUT2D eigenvalue weighted by Gasteiger charge is -2.26. The first-order valence-corrected chi connectivity index (χ1v) is 5.94. The van der Waals surface area contributed by atoms with E-state index in [1.807, 2.05) is 6.92 Å². The summed E-state index contributed by atoms with van der Waals surface area (Å²) in [4.78, 5) is 14.3. The summed E-state index contributed by atoms with van der Waals surface area (Å²) in [7, 11) is 0. The fourth-order valence-corrected chi connectivity index (χ4v) is 1.96. The second-order valence-electron chi connectivity index (χ2n) is 4.56. The molecule has 1 saturated carbocycles. The van der Waals surface area contributed by atoms with E-state index in [9.17, 15) is 4.79 Å². The first-order chi connectivity index (χ1) is 7.24. The van der Waals surface area contributed by atoms with Crippen LogP contribution in [0.2, 0.25) is 0 Å². The Morgan fingerprint density at radius 2 is 2.13 bits per heavy atom. The Morgan fingerprint density at radius 3 is 2.53 bits per heavy atom. The quantitative estimate of drug-likeness (QED) is 0.706. The molecule has 1 aliphatic carbocycles. The van der Waals surface area contributed by atoms with Crippen molar-refractivity contribution in [2.24, 2.45) is 0 Å². The van der Waals surface area contributed by atoms with Crippen molar-refractivity contribution in [1.82, 2.24) is 10.2 Å². The lowest BCUT2D eigenvalue weighted by atomic mass is 10.0. The Balaban J connectivity index is 2.03. The van der Waals surface area contributed by atoms with Gasteiger partial charge in [0.2, 0.25) is 5.91 Å². The van der Waals surface area contributed by atoms with Gasteiger partial charge in [-0.3, -0.25) is 4.79 Å². The Kier molecular flexibility index (Phi) is 3.10. The Labute approximate surface area is 91.5 Å². The summed E-state index contributed by atoms with van der Waals surface area (Å²) in [5, 5.41) is 3.18. The molecule has 3 heteroatoms. The maximum Gasteiger partial charge on any atom is 0.249 e. The first-order valence-electron chi connectivity index (χ1n) is 5.94. The van der Waals surface area contributed by atoms with Crippen molar-refractivity contribution in [1.29, 1.82) is 0 Å². The third-order valence-corrected chi connectivity index (χ3v) is 3.24. The fourth-order valence-electron chi connectivity index (χ4n) is 1.96. The van der Waals surface area contributed by atoms with Gasteiger partial charge in [0.1, 0.15) is 0 Å². The maximum atomic E-state index is 12.2. The van der Waals surface area contributed by atoms with Crippen molar-refractivity contribution >= 4 is 5.91 Å². The van der Waals surface area contributed by atoms with Crippen LogP contribution in [-0.4, -0.2) is 36.5 Å². The standard InChI is InChI=1S/C12H20N2O/c1-3-6-14(11-4-5-11)12(15)9(2)10-7-13-8-10/h11,13H,3-8H2,1-2H3. The van der Waals surface area contributed by atoms with Crippen LogP contribution in [0.4, 0.5) is 0 Å². The zero-order valence-electron chi connectivity index (χ0n) is 9.68. The van der Waals surface area contributed by atoms with Gasteiger partial charge in [-0.05, 0) is 31.8 Å². The topological polar surface area (TPSA) is 32.3 Å². The molecule has 84 valence electrons. The van der Waals surface area contributed by atoms with Crippen LogP contribution in [0.15, 0.2) is 11.1 Å². The Hall–Kier alpha value is -0.830. The van der Waals surface area contributed by atoms with Gasteiger partial charge in [-0.2, -0.15) is 0 Å². The van der Waals surface area contributed by atoms with Crippen LogP contribution in [0.5, 0.6) is 0 Å². The molecule has 0 unspecified atom stereocenters. The number of hydrogen-bond donors (Lipinski definition) is 1. The van der Waals surface area contributed by atoms with E-state index in [1.165, 1.54) is 18.4 Å². The van der Waals surface area contributed by atoms with Crippen LogP contribution in [0, 0.1) is 0 Å². The Morgan fingerprint density at radius 1 is 1.47 bits per heavy atom. The van der Waals surface area contributed by atoms with Gasteiger partial charge in [-0.25, -0.2) is 0 Å². The minimum Gasteiger partial charge on any atom is -0.336 e. The minimum atomic E-state index is 0.274. The van der Waals surface area contributed by atoms with Crippen LogP contribution in [0.1, 0.15) is 33.1 Å². The molecular weight excluding hydrogens is 188 g/mol. The highest BCUT2D eigenvalue weighted by molar-refractivity contribution is 5.94. The normalized spacial score (nSPS) is 19.7. The van der Waals surface area contributed by atoms with E-state index in [-0.39, 0.29) is 5.91 Å². The molecule has 0 aromatic heterocycles. The van der Waals surface area contributed by atoms with Gasteiger partial charge in [-0.15, -0.1) is 0 Å². The molecule has 1 aliphatic heterocycles. The van der Waals surface area contributed by atoms with Crippen molar-refractivity contribution in [2.45, 2.75) is 39.2 Å². The average molecular weight is 208 g/mol. The summed E-state index contributed by atoms with van der Waals surface area (Å²) in [5.74, 6) is 0.274. The van der Waals surface area contributed by atoms with E-state index in [0.717, 1.165) is 31.6 Å². The van der Waals surface area contributed by atoms with Crippen molar-refractivity contribution in [3.05, 3.63) is 11.1 Å². The fraction of sp³-hybridized carbons (Fsp3) is 0.750. The third-order valence-electron chi connectivity index (χ3n) is 3.24. The van der Waals surface area contributed by atoms with E-state index < -0.39 is 0 Å². The SMILES string of the molecule is CCCN(C(=O)C(C)=C1CNC1)C1CC1. The summed E-state index contributed by atoms with van der Waals surface area (Å²) >= 11 is 0. The molecule has 15 heavy (non-hydrogen) atoms. The van der Waals surface area contributed by atoms with E-state index in [0.29, 0.717) is 6.04 Å². The van der Waals surface area contributed by atoms with Gasteiger partial charge >= 0.3 is 0 Å². The number of rotatable bonds is 4. The van der Waals surface area contributed by atoms with Gasteiger partial charge in [0.25, 0.3) is 0 Å². The van der Waals surface area contributed by atoms with Gasteiger partial charge in [0.15, 0.2) is 0 Å². The monoisotopic (exact) mass is 208 g/mol. The molecule has 1 amide bonds. The van der Waals surface area contributed by atoms with E-state index >= 15 is 0 Å². The van der Waals surface area contributed by atoms with Gasteiger partial charge in [0, 0.05) is 31.2 Å². The maximum absolute atomic E-state index is 12.2. The summed E-state index contributed by atoms with van der Waals surface area (Å²) in [6.07, 6.45) is 3.46. The molecule has 3 nitrogen and oxygen atoms in total. The highest BCUT2D eigenvalue weighted by Gasteiger charge is 2.33. The van der Waals surface area contributed by atoms with Crippen LogP contribution in [-0.2, 0) is 4.79 Å². The molecule has 0 atom stereocenters. The average Bonchev–Trinajstić information content (AvgIpc) is 2.93. The van der Waals surface area contributed by atoms with E-state index in [2.05, 4.69) is 17.1 Å². The molecule has 2 fully saturated rings. The highest BCUT2D eigenvalue weighted by atomic mass is 16.2. The molecule has 1 heterocycles. The first kappa shape index (κ1) is 10.7. The highest BCUT2D eigenvalue weighted by Crippen LogP contribution is 2.28. The van der Waals surface area contributed by atoms with Crippen molar-refractivity contribution < 1.29 is 4.79 Å². The lowest BCUT2D eigenvalue weighted by Crippen LogP contribution is -2.40. The molecular formula is C12H20N2O. The largest absolute Gasteiger partial charge is 0.336 e. The summed E-state index contributed by atoms with van der Waals surface area (Å²) in [6, 6.07) is 0.543. The van der Waals surface area contributed by atoms with Crippen LogP contribution >= 0.6 is 0 Å². The molecule has 0 bridgehead atoms. The van der Waals surface area contributed by atoms with Crippen molar-refractivity contribution in [3.8, 4) is 0 Å². The summed E-state index contributed by atoms with van der Waals surface area (Å²) < 4.78 is 0. The van der Waals surface area contributed by atoms with Gasteiger partial charge < -0.3 is 10.2 Å². The molecule has 1 N–H and O–H groups in total. The second kappa shape index (κ2) is 4.35. The third kappa shape index (κ3) is 2.23. The van der Waals surface area contributed by atoms with Crippen molar-refractivity contribution in [2.75, 3.05) is 19.6 Å². The predicted molar refractivity (Wildman–Crippen MR) is 60.6 cm³/mol. The predicted octanol–water partition coefficient (Wildman–Crippen LogP) is 1.31. The van der Waals surface area contributed by atoms with Gasteiger partial charge in [0.05, 0.1) is 0 Å². The number of nitrogens with one attached hydrogen (secondary N) is 1. The Bertz CT molecular complexity index is 286. The number of carbonyl (C=O) groups excluding carboxylic acids is 1. The molecule has 0 spiro atoms. The number of carbonyl (C=O) groups is 1. The number of nitrogens with zero attached hydrogens (tertiary/aromatic N) is 1. The van der Waals surface area contributed by atoms with E-state index in [1.54, 1.807) is 0 Å². The minimum absolute atomic E-state index is 0.274. The summed E-state index contributed by atoms with van der Waals surface area (Å²) in [5.41, 5.74) is 2.27.